The van der Waals surface area contributed by atoms with Crippen LogP contribution in [0.5, 0.6) is 5.75 Å². The van der Waals surface area contributed by atoms with Gasteiger partial charge in [-0.15, -0.1) is 0 Å². The zero-order valence-corrected chi connectivity index (χ0v) is 20.9. The number of ether oxygens (including phenoxy) is 1. The van der Waals surface area contributed by atoms with E-state index in [4.69, 9.17) is 4.74 Å². The summed E-state index contributed by atoms with van der Waals surface area (Å²) >= 11 is 0. The highest BCUT2D eigenvalue weighted by atomic mass is 32.2. The normalized spacial score (nSPS) is 13.2. The van der Waals surface area contributed by atoms with E-state index in [1.54, 1.807) is 31.3 Å². The lowest BCUT2D eigenvalue weighted by molar-refractivity contribution is 0.309. The molecule has 0 fully saturated rings. The van der Waals surface area contributed by atoms with Gasteiger partial charge in [-0.3, -0.25) is 0 Å². The first-order chi connectivity index (χ1) is 16.5. The Bertz CT molecular complexity index is 1200. The predicted molar refractivity (Wildman–Crippen MR) is 139 cm³/mol. The summed E-state index contributed by atoms with van der Waals surface area (Å²) in [6.07, 6.45) is 6.89. The molecule has 0 atom stereocenters. The molecule has 1 aliphatic carbocycles. The third-order valence-electron chi connectivity index (χ3n) is 6.37. The van der Waals surface area contributed by atoms with Gasteiger partial charge in [-0.25, -0.2) is 12.7 Å². The van der Waals surface area contributed by atoms with E-state index in [9.17, 15) is 8.42 Å². The quantitative estimate of drug-likeness (QED) is 0.351. The van der Waals surface area contributed by atoms with E-state index in [2.05, 4.69) is 61.5 Å². The summed E-state index contributed by atoms with van der Waals surface area (Å²) in [6, 6.07) is 23.8. The van der Waals surface area contributed by atoms with Gasteiger partial charge in [-0.2, -0.15) is 0 Å². The first kappa shape index (κ1) is 24.2. The molecule has 0 saturated carbocycles. The summed E-state index contributed by atoms with van der Waals surface area (Å²) in [5, 5.41) is 0. The van der Waals surface area contributed by atoms with E-state index in [0.717, 1.165) is 25.7 Å². The Kier molecular flexibility index (Phi) is 7.86. The first-order valence-electron chi connectivity index (χ1n) is 12.1. The second-order valence-electron chi connectivity index (χ2n) is 8.72. The molecule has 0 aromatic heterocycles. The largest absolute Gasteiger partial charge is 0.494 e. The monoisotopic (exact) mass is 475 g/mol. The number of nitrogens with zero attached hydrogens (tertiary/aromatic N) is 1. The average Bonchev–Trinajstić information content (AvgIpc) is 3.02. The molecule has 0 radical (unpaired) electrons. The molecule has 0 spiro atoms. The van der Waals surface area contributed by atoms with E-state index in [-0.39, 0.29) is 4.90 Å². The maximum Gasteiger partial charge on any atom is 0.242 e. The Hall–Kier alpha value is -2.89. The number of benzene rings is 3. The van der Waals surface area contributed by atoms with Crippen molar-refractivity contribution < 1.29 is 13.2 Å². The minimum Gasteiger partial charge on any atom is -0.494 e. The van der Waals surface area contributed by atoms with E-state index < -0.39 is 10.0 Å². The van der Waals surface area contributed by atoms with Crippen LogP contribution in [-0.2, 0) is 22.9 Å². The summed E-state index contributed by atoms with van der Waals surface area (Å²) in [7, 11) is -1.92. The van der Waals surface area contributed by atoms with Gasteiger partial charge in [0.15, 0.2) is 0 Å². The molecule has 0 unspecified atom stereocenters. The van der Waals surface area contributed by atoms with Gasteiger partial charge in [0.05, 0.1) is 11.5 Å². The highest BCUT2D eigenvalue weighted by Gasteiger charge is 2.21. The molecule has 4 rings (SSSR count). The second-order valence-corrected chi connectivity index (χ2v) is 10.8. The zero-order chi connectivity index (χ0) is 24.0. The third kappa shape index (κ3) is 5.43. The molecule has 34 heavy (non-hydrogen) atoms. The van der Waals surface area contributed by atoms with Gasteiger partial charge in [0, 0.05) is 13.6 Å². The smallest absolute Gasteiger partial charge is 0.242 e. The number of hydrogen-bond acceptors (Lipinski definition) is 3. The Labute approximate surface area is 203 Å². The van der Waals surface area contributed by atoms with Crippen molar-refractivity contribution in [1.29, 1.82) is 0 Å². The van der Waals surface area contributed by atoms with Gasteiger partial charge in [-0.1, -0.05) is 68.0 Å². The van der Waals surface area contributed by atoms with E-state index in [1.165, 1.54) is 32.1 Å². The summed E-state index contributed by atoms with van der Waals surface area (Å²) in [5.74, 6) is 0.700. The Morgan fingerprint density at radius 2 is 1.47 bits per heavy atom. The number of hydrogen-bond donors (Lipinski definition) is 0. The van der Waals surface area contributed by atoms with E-state index in [0.29, 0.717) is 25.3 Å². The van der Waals surface area contributed by atoms with Crippen LogP contribution in [-0.4, -0.2) is 32.9 Å². The Morgan fingerprint density at radius 1 is 0.882 bits per heavy atom. The third-order valence-corrected chi connectivity index (χ3v) is 8.24. The number of unbranched alkanes of at least 4 members (excludes halogenated alkanes) is 1. The lowest BCUT2D eigenvalue weighted by Gasteiger charge is -2.18. The summed E-state index contributed by atoms with van der Waals surface area (Å²) < 4.78 is 33.3. The Balaban J connectivity index is 1.50. The molecule has 0 aliphatic heterocycles. The van der Waals surface area contributed by atoms with Gasteiger partial charge in [0.2, 0.25) is 10.0 Å². The molecule has 4 nitrogen and oxygen atoms in total. The summed E-state index contributed by atoms with van der Waals surface area (Å²) in [4.78, 5) is 0.288. The van der Waals surface area contributed by atoms with E-state index >= 15 is 0 Å². The minimum absolute atomic E-state index is 0.288. The van der Waals surface area contributed by atoms with Crippen molar-refractivity contribution in [1.82, 2.24) is 4.31 Å². The minimum atomic E-state index is -3.56. The van der Waals surface area contributed by atoms with Gasteiger partial charge >= 0.3 is 0 Å². The number of fused-ring (bicyclic) bond motifs is 2. The molecule has 178 valence electrons. The van der Waals surface area contributed by atoms with Crippen LogP contribution in [0.15, 0.2) is 83.8 Å². The summed E-state index contributed by atoms with van der Waals surface area (Å²) in [5.41, 5.74) is 6.37. The molecular weight excluding hydrogens is 442 g/mol. The molecule has 0 saturated heterocycles. The van der Waals surface area contributed by atoms with Crippen LogP contribution in [0, 0.1) is 0 Å². The van der Waals surface area contributed by atoms with Crippen LogP contribution in [0.3, 0.4) is 0 Å². The van der Waals surface area contributed by atoms with Crippen LogP contribution in [0.4, 0.5) is 0 Å². The standard InChI is InChI=1S/C29H33NO3S/c1-3-4-22-33-25-17-19-26(20-18-25)34(31,32)30(2)21-9-14-29-27-12-7-5-10-23(27)15-16-24-11-6-8-13-28(24)29/h5-8,10-14,17-20H,3-4,9,15-16,21-22H2,1-2H3. The fourth-order valence-electron chi connectivity index (χ4n) is 4.37. The van der Waals surface area contributed by atoms with Gasteiger partial charge in [0.25, 0.3) is 0 Å². The SMILES string of the molecule is CCCCOc1ccc(S(=O)(=O)N(C)CCC=C2c3ccccc3CCc3ccccc32)cc1. The fourth-order valence-corrected chi connectivity index (χ4v) is 5.56. The average molecular weight is 476 g/mol. The lowest BCUT2D eigenvalue weighted by atomic mass is 9.93. The molecule has 0 N–H and O–H groups in total. The van der Waals surface area contributed by atoms with Crippen molar-refractivity contribution in [2.75, 3.05) is 20.2 Å². The van der Waals surface area contributed by atoms with Crippen molar-refractivity contribution in [3.8, 4) is 5.75 Å². The fraction of sp³-hybridized carbons (Fsp3) is 0.310. The van der Waals surface area contributed by atoms with Gasteiger partial charge in [-0.05, 0) is 77.8 Å². The number of sulfonamides is 1. The summed E-state index contributed by atoms with van der Waals surface area (Å²) in [6.45, 7) is 3.16. The lowest BCUT2D eigenvalue weighted by Crippen LogP contribution is -2.27. The van der Waals surface area contributed by atoms with Gasteiger partial charge < -0.3 is 4.74 Å². The maximum absolute atomic E-state index is 13.1. The highest BCUT2D eigenvalue weighted by Crippen LogP contribution is 2.33. The van der Waals surface area contributed by atoms with Crippen molar-refractivity contribution in [3.05, 3.63) is 101 Å². The molecule has 3 aromatic rings. The van der Waals surface area contributed by atoms with Crippen LogP contribution < -0.4 is 4.74 Å². The molecule has 0 bridgehead atoms. The predicted octanol–water partition coefficient (Wildman–Crippen LogP) is 6.11. The Morgan fingerprint density at radius 3 is 2.06 bits per heavy atom. The van der Waals surface area contributed by atoms with Crippen molar-refractivity contribution in [3.63, 3.8) is 0 Å². The molecule has 1 aliphatic rings. The molecule has 5 heteroatoms. The highest BCUT2D eigenvalue weighted by molar-refractivity contribution is 7.89. The topological polar surface area (TPSA) is 46.6 Å². The first-order valence-corrected chi connectivity index (χ1v) is 13.5. The molecule has 0 heterocycles. The number of rotatable bonds is 9. The molecule has 3 aromatic carbocycles. The van der Waals surface area contributed by atoms with Gasteiger partial charge in [0.1, 0.15) is 5.75 Å². The molecule has 0 amide bonds. The maximum atomic E-state index is 13.1. The zero-order valence-electron chi connectivity index (χ0n) is 20.0. The second kappa shape index (κ2) is 11.0. The molecular formula is C29H33NO3S. The van der Waals surface area contributed by atoms with E-state index in [1.807, 2.05) is 0 Å². The van der Waals surface area contributed by atoms with Crippen LogP contribution in [0.2, 0.25) is 0 Å². The van der Waals surface area contributed by atoms with Crippen LogP contribution in [0.1, 0.15) is 48.4 Å². The van der Waals surface area contributed by atoms with Crippen LogP contribution in [0.25, 0.3) is 5.57 Å². The number of aryl methyl sites for hydroxylation is 2. The van der Waals surface area contributed by atoms with Crippen molar-refractivity contribution >= 4 is 15.6 Å². The van der Waals surface area contributed by atoms with Crippen LogP contribution >= 0.6 is 0 Å². The van der Waals surface area contributed by atoms with Crippen molar-refractivity contribution in [2.45, 2.75) is 43.9 Å². The van der Waals surface area contributed by atoms with Crippen molar-refractivity contribution in [2.24, 2.45) is 0 Å².